The summed E-state index contributed by atoms with van der Waals surface area (Å²) < 4.78 is 5.66. The Bertz CT molecular complexity index is 360. The molecule has 0 bridgehead atoms. The quantitative estimate of drug-likeness (QED) is 0.819. The number of likely N-dealkylation sites (N-methyl/N-ethyl adjacent to an activating group) is 1. The maximum atomic E-state index is 5.66. The first-order chi connectivity index (χ1) is 8.88. The molecule has 0 fully saturated rings. The van der Waals surface area contributed by atoms with E-state index in [2.05, 4.69) is 50.3 Å². The van der Waals surface area contributed by atoms with Gasteiger partial charge in [-0.1, -0.05) is 12.1 Å². The lowest BCUT2D eigenvalue weighted by Gasteiger charge is -2.23. The first kappa shape index (κ1) is 16.0. The van der Waals surface area contributed by atoms with Crippen molar-refractivity contribution >= 4 is 0 Å². The Morgan fingerprint density at radius 3 is 2.11 bits per heavy atom. The van der Waals surface area contributed by atoms with Crippen LogP contribution in [-0.4, -0.2) is 37.7 Å². The number of nitrogens with zero attached hydrogens (tertiary/aromatic N) is 1. The lowest BCUT2D eigenvalue weighted by molar-refractivity contribution is 0.242. The van der Waals surface area contributed by atoms with E-state index < -0.39 is 0 Å². The number of hydrogen-bond donors (Lipinski definition) is 1. The maximum absolute atomic E-state index is 5.66. The highest BCUT2D eigenvalue weighted by Gasteiger charge is 2.10. The van der Waals surface area contributed by atoms with Gasteiger partial charge < -0.3 is 15.0 Å². The highest BCUT2D eigenvalue weighted by molar-refractivity contribution is 5.29. The predicted octanol–water partition coefficient (Wildman–Crippen LogP) is 3.07. The van der Waals surface area contributed by atoms with E-state index in [0.29, 0.717) is 12.1 Å². The molecule has 0 amide bonds. The largest absolute Gasteiger partial charge is 0.491 e. The van der Waals surface area contributed by atoms with E-state index in [1.807, 2.05) is 26.0 Å². The van der Waals surface area contributed by atoms with Gasteiger partial charge in [0.25, 0.3) is 0 Å². The Morgan fingerprint density at radius 1 is 1.05 bits per heavy atom. The fourth-order valence-electron chi connectivity index (χ4n) is 2.23. The van der Waals surface area contributed by atoms with Crippen LogP contribution in [0.25, 0.3) is 0 Å². The third kappa shape index (κ3) is 6.08. The van der Waals surface area contributed by atoms with Crippen molar-refractivity contribution in [2.24, 2.45) is 0 Å². The van der Waals surface area contributed by atoms with Crippen molar-refractivity contribution in [2.45, 2.75) is 45.9 Å². The van der Waals surface area contributed by atoms with E-state index in [1.165, 1.54) is 5.56 Å². The van der Waals surface area contributed by atoms with Crippen LogP contribution in [0, 0.1) is 0 Å². The minimum Gasteiger partial charge on any atom is -0.491 e. The molecule has 19 heavy (non-hydrogen) atoms. The second-order valence-electron chi connectivity index (χ2n) is 5.79. The number of nitrogens with one attached hydrogen (secondary N) is 1. The second kappa shape index (κ2) is 7.51. The van der Waals surface area contributed by atoms with E-state index in [1.54, 1.807) is 0 Å². The van der Waals surface area contributed by atoms with Crippen molar-refractivity contribution < 1.29 is 4.74 Å². The first-order valence-corrected chi connectivity index (χ1v) is 7.06. The lowest BCUT2D eigenvalue weighted by atomic mass is 10.1. The van der Waals surface area contributed by atoms with Crippen molar-refractivity contribution in [1.29, 1.82) is 0 Å². The first-order valence-electron chi connectivity index (χ1n) is 7.06. The monoisotopic (exact) mass is 264 g/mol. The highest BCUT2D eigenvalue weighted by Crippen LogP contribution is 2.18. The molecule has 2 unspecified atom stereocenters. The molecule has 1 rings (SSSR count). The minimum atomic E-state index is 0.224. The zero-order valence-corrected chi connectivity index (χ0v) is 13.1. The molecule has 1 aromatic carbocycles. The SMILES string of the molecule is CC(CN(C)C)NC(C)c1ccc(OC(C)C)cc1. The van der Waals surface area contributed by atoms with E-state index in [4.69, 9.17) is 4.74 Å². The normalized spacial score (nSPS) is 14.7. The molecule has 0 heterocycles. The van der Waals surface area contributed by atoms with Gasteiger partial charge in [0.1, 0.15) is 5.75 Å². The van der Waals surface area contributed by atoms with Crippen molar-refractivity contribution in [3.63, 3.8) is 0 Å². The summed E-state index contributed by atoms with van der Waals surface area (Å²) in [6.45, 7) is 9.54. The molecular weight excluding hydrogens is 236 g/mol. The van der Waals surface area contributed by atoms with Gasteiger partial charge in [-0.15, -0.1) is 0 Å². The van der Waals surface area contributed by atoms with Crippen molar-refractivity contribution in [2.75, 3.05) is 20.6 Å². The summed E-state index contributed by atoms with van der Waals surface area (Å²) in [6, 6.07) is 9.18. The fourth-order valence-corrected chi connectivity index (χ4v) is 2.23. The zero-order valence-electron chi connectivity index (χ0n) is 13.1. The van der Waals surface area contributed by atoms with Crippen LogP contribution >= 0.6 is 0 Å². The van der Waals surface area contributed by atoms with Gasteiger partial charge in [-0.2, -0.15) is 0 Å². The van der Waals surface area contributed by atoms with Crippen molar-refractivity contribution in [3.8, 4) is 5.75 Å². The van der Waals surface area contributed by atoms with E-state index in [9.17, 15) is 0 Å². The molecule has 0 radical (unpaired) electrons. The Hall–Kier alpha value is -1.06. The average Bonchev–Trinajstić information content (AvgIpc) is 2.27. The second-order valence-corrected chi connectivity index (χ2v) is 5.79. The van der Waals surface area contributed by atoms with Gasteiger partial charge >= 0.3 is 0 Å². The van der Waals surface area contributed by atoms with Gasteiger partial charge in [-0.3, -0.25) is 0 Å². The molecule has 0 spiro atoms. The molecule has 3 heteroatoms. The average molecular weight is 264 g/mol. The van der Waals surface area contributed by atoms with Crippen molar-refractivity contribution in [3.05, 3.63) is 29.8 Å². The Morgan fingerprint density at radius 2 is 1.63 bits per heavy atom. The smallest absolute Gasteiger partial charge is 0.119 e. The van der Waals surface area contributed by atoms with Gasteiger partial charge in [-0.05, 0) is 59.5 Å². The molecule has 0 aliphatic rings. The molecule has 1 N–H and O–H groups in total. The summed E-state index contributed by atoms with van der Waals surface area (Å²) in [5.41, 5.74) is 1.29. The van der Waals surface area contributed by atoms with Crippen LogP contribution in [0.5, 0.6) is 5.75 Å². The van der Waals surface area contributed by atoms with Gasteiger partial charge in [0.05, 0.1) is 6.10 Å². The Labute approximate surface area is 118 Å². The molecule has 0 aromatic heterocycles. The highest BCUT2D eigenvalue weighted by atomic mass is 16.5. The summed E-state index contributed by atoms with van der Waals surface area (Å²) in [4.78, 5) is 2.20. The molecule has 1 aromatic rings. The summed E-state index contributed by atoms with van der Waals surface area (Å²) in [5, 5.41) is 3.61. The molecule has 0 saturated heterocycles. The van der Waals surface area contributed by atoms with Crippen LogP contribution in [0.2, 0.25) is 0 Å². The molecule has 3 nitrogen and oxygen atoms in total. The third-order valence-electron chi connectivity index (χ3n) is 2.93. The predicted molar refractivity (Wildman–Crippen MR) is 81.8 cm³/mol. The lowest BCUT2D eigenvalue weighted by Crippen LogP contribution is -2.37. The van der Waals surface area contributed by atoms with Crippen LogP contribution in [0.4, 0.5) is 0 Å². The minimum absolute atomic E-state index is 0.224. The van der Waals surface area contributed by atoms with E-state index >= 15 is 0 Å². The van der Waals surface area contributed by atoms with Crippen LogP contribution in [0.1, 0.15) is 39.3 Å². The number of hydrogen-bond acceptors (Lipinski definition) is 3. The molecule has 0 aliphatic carbocycles. The van der Waals surface area contributed by atoms with Crippen LogP contribution < -0.4 is 10.1 Å². The zero-order chi connectivity index (χ0) is 14.4. The molecule has 2 atom stereocenters. The standard InChI is InChI=1S/C16H28N2O/c1-12(2)19-16-9-7-15(8-10-16)14(4)17-13(3)11-18(5)6/h7-10,12-14,17H,11H2,1-6H3. The summed E-state index contributed by atoms with van der Waals surface area (Å²) >= 11 is 0. The molecule has 0 aliphatic heterocycles. The van der Waals surface area contributed by atoms with Crippen LogP contribution in [-0.2, 0) is 0 Å². The summed E-state index contributed by atoms with van der Waals surface area (Å²) in [7, 11) is 4.20. The van der Waals surface area contributed by atoms with E-state index in [0.717, 1.165) is 12.3 Å². The number of ether oxygens (including phenoxy) is 1. The maximum Gasteiger partial charge on any atom is 0.119 e. The van der Waals surface area contributed by atoms with Gasteiger partial charge in [0.2, 0.25) is 0 Å². The summed E-state index contributed by atoms with van der Waals surface area (Å²) in [5.74, 6) is 0.937. The van der Waals surface area contributed by atoms with Gasteiger partial charge in [0, 0.05) is 18.6 Å². The van der Waals surface area contributed by atoms with Gasteiger partial charge in [0.15, 0.2) is 0 Å². The Balaban J connectivity index is 2.55. The third-order valence-corrected chi connectivity index (χ3v) is 2.93. The molecule has 108 valence electrons. The molecule has 0 saturated carbocycles. The van der Waals surface area contributed by atoms with Crippen LogP contribution in [0.3, 0.4) is 0 Å². The van der Waals surface area contributed by atoms with Crippen LogP contribution in [0.15, 0.2) is 24.3 Å². The van der Waals surface area contributed by atoms with E-state index in [-0.39, 0.29) is 6.10 Å². The fraction of sp³-hybridized carbons (Fsp3) is 0.625. The Kier molecular flexibility index (Phi) is 6.32. The molecular formula is C16H28N2O. The topological polar surface area (TPSA) is 24.5 Å². The van der Waals surface area contributed by atoms with Gasteiger partial charge in [-0.25, -0.2) is 0 Å². The summed E-state index contributed by atoms with van der Waals surface area (Å²) in [6.07, 6.45) is 0.224. The number of rotatable bonds is 7. The van der Waals surface area contributed by atoms with Crippen molar-refractivity contribution in [1.82, 2.24) is 10.2 Å². The number of benzene rings is 1.